The van der Waals surface area contributed by atoms with Crippen LogP contribution in [0.3, 0.4) is 0 Å². The van der Waals surface area contributed by atoms with Crippen molar-refractivity contribution in [2.75, 3.05) is 6.61 Å². The molecule has 6 nitrogen and oxygen atoms in total. The molecule has 2 fully saturated rings. The summed E-state index contributed by atoms with van der Waals surface area (Å²) in [6.07, 6.45) is 6.57. The predicted octanol–water partition coefficient (Wildman–Crippen LogP) is 3.29. The summed E-state index contributed by atoms with van der Waals surface area (Å²) in [4.78, 5) is 16.7. The fraction of sp³-hybridized carbons (Fsp3) is 0.611. The molecular weight excluding hydrogens is 308 g/mol. The lowest BCUT2D eigenvalue weighted by molar-refractivity contribution is -0.224. The second-order valence-corrected chi connectivity index (χ2v) is 6.72. The largest absolute Gasteiger partial charge is 0.458 e. The molecule has 4 rings (SSSR count). The fourth-order valence-corrected chi connectivity index (χ4v) is 3.98. The molecule has 24 heavy (non-hydrogen) atoms. The number of carbonyl (C=O) groups excluding carboxylic acids is 1. The van der Waals surface area contributed by atoms with Gasteiger partial charge in [0.1, 0.15) is 6.10 Å². The first-order chi connectivity index (χ1) is 11.7. The Labute approximate surface area is 140 Å². The molecule has 0 N–H and O–H groups in total. The quantitative estimate of drug-likeness (QED) is 0.783. The molecule has 0 saturated heterocycles. The highest BCUT2D eigenvalue weighted by Gasteiger charge is 2.61. The summed E-state index contributed by atoms with van der Waals surface area (Å²) in [5, 5.41) is 4.76. The molecule has 2 aliphatic carbocycles. The van der Waals surface area contributed by atoms with Gasteiger partial charge in [0.2, 0.25) is 0 Å². The monoisotopic (exact) mass is 330 g/mol. The summed E-state index contributed by atoms with van der Waals surface area (Å²) < 4.78 is 16.8. The van der Waals surface area contributed by atoms with Gasteiger partial charge in [0.25, 0.3) is 5.71 Å². The molecule has 0 bridgehead atoms. The van der Waals surface area contributed by atoms with Gasteiger partial charge in [-0.25, -0.2) is 9.78 Å². The minimum atomic E-state index is -0.320. The lowest BCUT2D eigenvalue weighted by Crippen LogP contribution is -2.63. The van der Waals surface area contributed by atoms with E-state index in [1.54, 1.807) is 6.07 Å². The van der Waals surface area contributed by atoms with Crippen molar-refractivity contribution in [3.63, 3.8) is 0 Å². The van der Waals surface area contributed by atoms with Crippen molar-refractivity contribution in [2.24, 2.45) is 5.41 Å². The van der Waals surface area contributed by atoms with Crippen LogP contribution in [0.1, 0.15) is 55.6 Å². The van der Waals surface area contributed by atoms with Crippen LogP contribution in [0, 0.1) is 5.41 Å². The van der Waals surface area contributed by atoms with E-state index >= 15 is 0 Å². The summed E-state index contributed by atoms with van der Waals surface area (Å²) in [5.41, 5.74) is 1.77. The van der Waals surface area contributed by atoms with E-state index in [9.17, 15) is 4.79 Å². The Morgan fingerprint density at radius 3 is 2.88 bits per heavy atom. The van der Waals surface area contributed by atoms with Crippen molar-refractivity contribution in [1.29, 1.82) is 0 Å². The third-order valence-electron chi connectivity index (χ3n) is 5.59. The number of rotatable bonds is 5. The zero-order valence-corrected chi connectivity index (χ0v) is 14.1. The average Bonchev–Trinajstić information content (AvgIpc) is 2.94. The van der Waals surface area contributed by atoms with Crippen LogP contribution >= 0.6 is 0 Å². The van der Waals surface area contributed by atoms with E-state index in [-0.39, 0.29) is 23.6 Å². The fourth-order valence-electron chi connectivity index (χ4n) is 3.98. The highest BCUT2D eigenvalue weighted by Crippen LogP contribution is 2.58. The van der Waals surface area contributed by atoms with Crippen LogP contribution in [0.4, 0.5) is 0 Å². The van der Waals surface area contributed by atoms with Gasteiger partial charge >= 0.3 is 5.97 Å². The summed E-state index contributed by atoms with van der Waals surface area (Å²) in [6, 6.07) is 1.77. The van der Waals surface area contributed by atoms with Gasteiger partial charge in [0, 0.05) is 24.6 Å². The molecule has 2 aromatic rings. The maximum Gasteiger partial charge on any atom is 0.340 e. The molecule has 2 atom stereocenters. The number of aryl methyl sites for hydroxylation is 1. The van der Waals surface area contributed by atoms with Gasteiger partial charge in [0.05, 0.1) is 22.7 Å². The molecule has 0 aliphatic heterocycles. The average molecular weight is 330 g/mol. The molecule has 6 heteroatoms. The Morgan fingerprint density at radius 2 is 2.21 bits per heavy atom. The molecule has 0 radical (unpaired) electrons. The smallest absolute Gasteiger partial charge is 0.340 e. The SMILES string of the molecule is CCO[C@H]1C[C@@H](OC(=O)c2cnc3onc(CC)c3c2)C12CCC2. The second-order valence-electron chi connectivity index (χ2n) is 6.72. The predicted molar refractivity (Wildman–Crippen MR) is 86.7 cm³/mol. The number of pyridine rings is 1. The Hall–Kier alpha value is -1.95. The van der Waals surface area contributed by atoms with Crippen LogP contribution in [0.5, 0.6) is 0 Å². The van der Waals surface area contributed by atoms with E-state index in [2.05, 4.69) is 10.1 Å². The van der Waals surface area contributed by atoms with Gasteiger partial charge in [0.15, 0.2) is 0 Å². The maximum absolute atomic E-state index is 12.6. The van der Waals surface area contributed by atoms with Gasteiger partial charge in [-0.15, -0.1) is 0 Å². The topological polar surface area (TPSA) is 74.5 Å². The molecule has 1 spiro atoms. The molecule has 0 aromatic carbocycles. The summed E-state index contributed by atoms with van der Waals surface area (Å²) in [7, 11) is 0. The molecule has 0 amide bonds. The van der Waals surface area contributed by atoms with Crippen LogP contribution in [0.2, 0.25) is 0 Å². The van der Waals surface area contributed by atoms with Crippen LogP contribution in [-0.2, 0) is 15.9 Å². The Bertz CT molecular complexity index is 765. The van der Waals surface area contributed by atoms with Crippen molar-refractivity contribution >= 4 is 17.1 Å². The molecule has 2 heterocycles. The van der Waals surface area contributed by atoms with Crippen LogP contribution < -0.4 is 0 Å². The normalized spacial score (nSPS) is 24.6. The summed E-state index contributed by atoms with van der Waals surface area (Å²) in [6.45, 7) is 4.71. The van der Waals surface area contributed by atoms with Gasteiger partial charge in [-0.1, -0.05) is 18.5 Å². The van der Waals surface area contributed by atoms with Crippen molar-refractivity contribution < 1.29 is 18.8 Å². The van der Waals surface area contributed by atoms with E-state index in [1.165, 1.54) is 12.6 Å². The summed E-state index contributed by atoms with van der Waals surface area (Å²) >= 11 is 0. The van der Waals surface area contributed by atoms with Gasteiger partial charge in [-0.3, -0.25) is 0 Å². The Balaban J connectivity index is 1.50. The van der Waals surface area contributed by atoms with E-state index in [0.717, 1.165) is 36.8 Å². The number of nitrogens with zero attached hydrogens (tertiary/aromatic N) is 2. The third kappa shape index (κ3) is 2.24. The molecular formula is C18H22N2O4. The number of aromatic nitrogens is 2. The van der Waals surface area contributed by atoms with E-state index in [4.69, 9.17) is 14.0 Å². The molecule has 128 valence electrons. The minimum absolute atomic E-state index is 0.0425. The lowest BCUT2D eigenvalue weighted by atomic mass is 9.52. The second kappa shape index (κ2) is 5.84. The van der Waals surface area contributed by atoms with Crippen LogP contribution in [0.25, 0.3) is 11.1 Å². The van der Waals surface area contributed by atoms with Crippen molar-refractivity contribution in [2.45, 2.75) is 58.2 Å². The highest BCUT2D eigenvalue weighted by atomic mass is 16.6. The first kappa shape index (κ1) is 15.6. The Kier molecular flexibility index (Phi) is 3.79. The van der Waals surface area contributed by atoms with Crippen molar-refractivity contribution in [3.05, 3.63) is 23.5 Å². The Morgan fingerprint density at radius 1 is 1.38 bits per heavy atom. The van der Waals surface area contributed by atoms with Crippen LogP contribution in [0.15, 0.2) is 16.8 Å². The lowest BCUT2D eigenvalue weighted by Gasteiger charge is -2.59. The van der Waals surface area contributed by atoms with Crippen molar-refractivity contribution in [1.82, 2.24) is 10.1 Å². The standard InChI is InChI=1S/C18H22N2O4/c1-3-13-12-8-11(10-19-16(12)24-20-13)17(21)23-15-9-14(22-4-2)18(15)6-5-7-18/h8,10,14-15H,3-7,9H2,1-2H3/t14-,15+/m0/s1. The van der Waals surface area contributed by atoms with Crippen LogP contribution in [-0.4, -0.2) is 34.9 Å². The first-order valence-corrected chi connectivity index (χ1v) is 8.75. The first-order valence-electron chi connectivity index (χ1n) is 8.75. The minimum Gasteiger partial charge on any atom is -0.458 e. The van der Waals surface area contributed by atoms with Crippen molar-refractivity contribution in [3.8, 4) is 0 Å². The number of ether oxygens (including phenoxy) is 2. The molecule has 2 aliphatic rings. The van der Waals surface area contributed by atoms with Gasteiger partial charge in [-0.2, -0.15) is 0 Å². The zero-order valence-electron chi connectivity index (χ0n) is 14.1. The number of hydrogen-bond acceptors (Lipinski definition) is 6. The van der Waals surface area contributed by atoms with Gasteiger partial charge in [-0.05, 0) is 32.3 Å². The maximum atomic E-state index is 12.6. The number of esters is 1. The van der Waals surface area contributed by atoms with E-state index in [0.29, 0.717) is 17.9 Å². The number of fused-ring (bicyclic) bond motifs is 1. The molecule has 2 saturated carbocycles. The van der Waals surface area contributed by atoms with E-state index in [1.807, 2.05) is 13.8 Å². The highest BCUT2D eigenvalue weighted by molar-refractivity contribution is 5.93. The van der Waals surface area contributed by atoms with E-state index < -0.39 is 0 Å². The molecule has 0 unspecified atom stereocenters. The number of carbonyl (C=O) groups is 1. The third-order valence-corrected chi connectivity index (χ3v) is 5.59. The van der Waals surface area contributed by atoms with Gasteiger partial charge < -0.3 is 14.0 Å². The summed E-state index contributed by atoms with van der Waals surface area (Å²) in [5.74, 6) is -0.320. The zero-order chi connectivity index (χ0) is 16.7. The molecule has 2 aromatic heterocycles. The number of hydrogen-bond donors (Lipinski definition) is 0.